The molecule has 0 aromatic heterocycles. The van der Waals surface area contributed by atoms with E-state index in [1.165, 1.54) is 5.57 Å². The molecule has 3 atom stereocenters. The SMILES string of the molecule is C/C(=C\CCC(C)O)CC(C)C(=O)C(C)(C)C1CCOC(C)(C)O1.CC. The molecule has 4 heteroatoms. The van der Waals surface area contributed by atoms with Crippen molar-refractivity contribution in [1.82, 2.24) is 0 Å². The van der Waals surface area contributed by atoms with Gasteiger partial charge in [0.15, 0.2) is 5.79 Å². The van der Waals surface area contributed by atoms with Crippen molar-refractivity contribution in [3.8, 4) is 0 Å². The van der Waals surface area contributed by atoms with Gasteiger partial charge in [-0.15, -0.1) is 0 Å². The average molecular weight is 371 g/mol. The van der Waals surface area contributed by atoms with Gasteiger partial charge in [0.05, 0.1) is 24.2 Å². The summed E-state index contributed by atoms with van der Waals surface area (Å²) in [5.74, 6) is -0.425. The van der Waals surface area contributed by atoms with Gasteiger partial charge < -0.3 is 14.6 Å². The Bertz CT molecular complexity index is 449. The lowest BCUT2D eigenvalue weighted by Crippen LogP contribution is -2.50. The quantitative estimate of drug-likeness (QED) is 0.590. The summed E-state index contributed by atoms with van der Waals surface area (Å²) in [6.07, 6.45) is 4.86. The standard InChI is InChI=1S/C20H36O4.C2H6/c1-14(9-8-10-16(3)21)13-15(2)18(22)19(4,5)17-11-12-23-20(6,7)24-17;1-2/h9,15-17,21H,8,10-13H2,1-7H3;1-2H3/b14-9+;. The molecule has 3 unspecified atom stereocenters. The first-order chi connectivity index (χ1) is 12.0. The minimum absolute atomic E-state index is 0.0441. The zero-order valence-electron chi connectivity index (χ0n) is 18.5. The van der Waals surface area contributed by atoms with Gasteiger partial charge in [-0.05, 0) is 53.4 Å². The van der Waals surface area contributed by atoms with Gasteiger partial charge in [-0.1, -0.05) is 46.3 Å². The summed E-state index contributed by atoms with van der Waals surface area (Å²) >= 11 is 0. The average Bonchev–Trinajstić information content (AvgIpc) is 2.54. The summed E-state index contributed by atoms with van der Waals surface area (Å²) in [6, 6.07) is 0. The topological polar surface area (TPSA) is 55.8 Å². The molecule has 26 heavy (non-hydrogen) atoms. The zero-order chi connectivity index (χ0) is 20.5. The molecule has 0 amide bonds. The largest absolute Gasteiger partial charge is 0.393 e. The predicted molar refractivity (Wildman–Crippen MR) is 108 cm³/mol. The van der Waals surface area contributed by atoms with Crippen LogP contribution < -0.4 is 0 Å². The molecule has 1 N–H and O–H groups in total. The van der Waals surface area contributed by atoms with Crippen LogP contribution in [0.3, 0.4) is 0 Å². The number of ketones is 1. The fraction of sp³-hybridized carbons (Fsp3) is 0.864. The third kappa shape index (κ3) is 8.32. The van der Waals surface area contributed by atoms with Crippen LogP contribution in [-0.4, -0.2) is 35.5 Å². The molecule has 1 saturated heterocycles. The maximum absolute atomic E-state index is 13.0. The Hall–Kier alpha value is -0.710. The molecule has 1 rings (SSSR count). The number of aliphatic hydroxyl groups is 1. The summed E-state index contributed by atoms with van der Waals surface area (Å²) in [4.78, 5) is 13.0. The molecule has 154 valence electrons. The number of hydrogen-bond acceptors (Lipinski definition) is 4. The molecule has 1 heterocycles. The van der Waals surface area contributed by atoms with Gasteiger partial charge in [0.2, 0.25) is 0 Å². The van der Waals surface area contributed by atoms with Crippen molar-refractivity contribution < 1.29 is 19.4 Å². The lowest BCUT2D eigenvalue weighted by Gasteiger charge is -2.43. The van der Waals surface area contributed by atoms with Crippen LogP contribution in [0.25, 0.3) is 0 Å². The van der Waals surface area contributed by atoms with E-state index in [1.54, 1.807) is 6.92 Å². The highest BCUT2D eigenvalue weighted by Crippen LogP contribution is 2.37. The van der Waals surface area contributed by atoms with Gasteiger partial charge in [-0.25, -0.2) is 0 Å². The maximum Gasteiger partial charge on any atom is 0.163 e. The van der Waals surface area contributed by atoms with E-state index >= 15 is 0 Å². The Balaban J connectivity index is 0.00000301. The van der Waals surface area contributed by atoms with E-state index in [2.05, 4.69) is 13.0 Å². The van der Waals surface area contributed by atoms with Crippen LogP contribution >= 0.6 is 0 Å². The fourth-order valence-electron chi connectivity index (χ4n) is 3.38. The van der Waals surface area contributed by atoms with Gasteiger partial charge in [0.25, 0.3) is 0 Å². The highest BCUT2D eigenvalue weighted by Gasteiger charge is 2.44. The molecule has 4 nitrogen and oxygen atoms in total. The third-order valence-electron chi connectivity index (χ3n) is 4.85. The Kier molecular flexibility index (Phi) is 10.9. The molecule has 0 saturated carbocycles. The smallest absolute Gasteiger partial charge is 0.163 e. The first-order valence-corrected chi connectivity index (χ1v) is 10.2. The van der Waals surface area contributed by atoms with Crippen molar-refractivity contribution in [3.05, 3.63) is 11.6 Å². The number of hydrogen-bond donors (Lipinski definition) is 1. The van der Waals surface area contributed by atoms with Crippen LogP contribution in [0.1, 0.15) is 88.0 Å². The van der Waals surface area contributed by atoms with E-state index in [-0.39, 0.29) is 23.9 Å². The van der Waals surface area contributed by atoms with Gasteiger partial charge >= 0.3 is 0 Å². The van der Waals surface area contributed by atoms with Crippen LogP contribution in [0.5, 0.6) is 0 Å². The van der Waals surface area contributed by atoms with E-state index in [4.69, 9.17) is 9.47 Å². The first-order valence-electron chi connectivity index (χ1n) is 10.2. The number of Topliss-reactive ketones (excluding diaryl/α,β-unsaturated/α-hetero) is 1. The Morgan fingerprint density at radius 3 is 2.38 bits per heavy atom. The molecule has 1 aliphatic heterocycles. The van der Waals surface area contributed by atoms with Crippen molar-refractivity contribution in [2.75, 3.05) is 6.61 Å². The molecule has 0 aromatic rings. The molecule has 0 aromatic carbocycles. The summed E-state index contributed by atoms with van der Waals surface area (Å²) in [5, 5.41) is 9.32. The van der Waals surface area contributed by atoms with E-state index < -0.39 is 11.2 Å². The molecule has 0 radical (unpaired) electrons. The molecular weight excluding hydrogens is 328 g/mol. The molecular formula is C22H42O4. The summed E-state index contributed by atoms with van der Waals surface area (Å²) < 4.78 is 11.6. The van der Waals surface area contributed by atoms with Gasteiger partial charge in [0, 0.05) is 5.92 Å². The second-order valence-electron chi connectivity index (χ2n) is 8.31. The maximum atomic E-state index is 13.0. The zero-order valence-corrected chi connectivity index (χ0v) is 18.5. The second-order valence-corrected chi connectivity index (χ2v) is 8.31. The number of aliphatic hydroxyl groups excluding tert-OH is 1. The number of allylic oxidation sites excluding steroid dienone is 2. The Morgan fingerprint density at radius 1 is 1.31 bits per heavy atom. The van der Waals surface area contributed by atoms with Crippen molar-refractivity contribution in [2.24, 2.45) is 11.3 Å². The van der Waals surface area contributed by atoms with Gasteiger partial charge in [-0.2, -0.15) is 0 Å². The third-order valence-corrected chi connectivity index (χ3v) is 4.85. The highest BCUT2D eigenvalue weighted by atomic mass is 16.7. The Labute approximate surface area is 161 Å². The van der Waals surface area contributed by atoms with Crippen molar-refractivity contribution in [3.63, 3.8) is 0 Å². The number of carbonyl (C=O) groups excluding carboxylic acids is 1. The summed E-state index contributed by atoms with van der Waals surface area (Å²) in [5.41, 5.74) is 0.681. The van der Waals surface area contributed by atoms with E-state index in [0.717, 1.165) is 25.7 Å². The number of rotatable bonds is 8. The van der Waals surface area contributed by atoms with E-state index in [0.29, 0.717) is 6.61 Å². The van der Waals surface area contributed by atoms with Gasteiger partial charge in [-0.3, -0.25) is 4.79 Å². The van der Waals surface area contributed by atoms with Crippen molar-refractivity contribution >= 4 is 5.78 Å². The van der Waals surface area contributed by atoms with Crippen molar-refractivity contribution in [1.29, 1.82) is 0 Å². The van der Waals surface area contributed by atoms with Crippen molar-refractivity contribution in [2.45, 2.75) is 106 Å². The molecule has 1 fully saturated rings. The van der Waals surface area contributed by atoms with Crippen LogP contribution in [0.4, 0.5) is 0 Å². The number of carbonyl (C=O) groups is 1. The minimum atomic E-state index is -0.624. The van der Waals surface area contributed by atoms with E-state index in [1.807, 2.05) is 48.5 Å². The summed E-state index contributed by atoms with van der Waals surface area (Å²) in [7, 11) is 0. The predicted octanol–water partition coefficient (Wildman–Crippen LogP) is 5.28. The van der Waals surface area contributed by atoms with Crippen LogP contribution in [0.15, 0.2) is 11.6 Å². The molecule has 0 bridgehead atoms. The van der Waals surface area contributed by atoms with Crippen LogP contribution in [0.2, 0.25) is 0 Å². The monoisotopic (exact) mass is 370 g/mol. The first kappa shape index (κ1) is 25.3. The Morgan fingerprint density at radius 2 is 1.88 bits per heavy atom. The molecule has 0 spiro atoms. The van der Waals surface area contributed by atoms with E-state index in [9.17, 15) is 9.90 Å². The lowest BCUT2D eigenvalue weighted by molar-refractivity contribution is -0.288. The van der Waals surface area contributed by atoms with Crippen LogP contribution in [-0.2, 0) is 14.3 Å². The summed E-state index contributed by atoms with van der Waals surface area (Å²) in [6.45, 7) is 18.3. The lowest BCUT2D eigenvalue weighted by atomic mass is 9.74. The number of ether oxygens (including phenoxy) is 2. The highest BCUT2D eigenvalue weighted by molar-refractivity contribution is 5.86. The second kappa shape index (κ2) is 11.2. The normalized spacial score (nSPS) is 22.8. The molecule has 0 aliphatic carbocycles. The fourth-order valence-corrected chi connectivity index (χ4v) is 3.38. The van der Waals surface area contributed by atoms with Gasteiger partial charge in [0.1, 0.15) is 5.78 Å². The van der Waals surface area contributed by atoms with Crippen LogP contribution in [0, 0.1) is 11.3 Å². The molecule has 1 aliphatic rings. The minimum Gasteiger partial charge on any atom is -0.393 e.